The summed E-state index contributed by atoms with van der Waals surface area (Å²) in [5.74, 6) is -0.915. The minimum absolute atomic E-state index is 0.430. The number of pyridine rings is 1. The maximum absolute atomic E-state index is 13.5. The van der Waals surface area contributed by atoms with Gasteiger partial charge >= 0.3 is 11.9 Å². The van der Waals surface area contributed by atoms with Crippen molar-refractivity contribution < 1.29 is 18.0 Å². The number of aromatic nitrogens is 6. The molecule has 0 aliphatic rings. The molecule has 0 fully saturated rings. The lowest BCUT2D eigenvalue weighted by Gasteiger charge is -2.10. The smallest absolute Gasteiger partial charge is 0.345 e. The Kier molecular flexibility index (Phi) is 5.58. The van der Waals surface area contributed by atoms with E-state index >= 15 is 0 Å². The van der Waals surface area contributed by atoms with Crippen LogP contribution in [-0.4, -0.2) is 47.3 Å². The normalized spacial score (nSPS) is 11.9. The van der Waals surface area contributed by atoms with Crippen LogP contribution in [0.4, 0.5) is 13.2 Å². The minimum Gasteiger partial charge on any atom is -0.345 e. The Balaban J connectivity index is 1.59. The van der Waals surface area contributed by atoms with Crippen LogP contribution < -0.4 is 11.0 Å². The molecule has 0 bridgehead atoms. The van der Waals surface area contributed by atoms with Crippen molar-refractivity contribution >= 4 is 22.5 Å². The topological polar surface area (TPSA) is 99.1 Å². The number of nitrogens with one attached hydrogen (secondary N) is 1. The number of fused-ring (bicyclic) bond motifs is 2. The van der Waals surface area contributed by atoms with Crippen molar-refractivity contribution in [2.24, 2.45) is 0 Å². The first-order chi connectivity index (χ1) is 17.1. The maximum Gasteiger partial charge on any atom is 0.405 e. The number of amides is 1. The van der Waals surface area contributed by atoms with Crippen molar-refractivity contribution in [1.29, 1.82) is 0 Å². The van der Waals surface area contributed by atoms with Gasteiger partial charge in [-0.25, -0.2) is 9.31 Å². The second-order valence-electron chi connectivity index (χ2n) is 8.30. The number of carbonyl (C=O) groups is 1. The summed E-state index contributed by atoms with van der Waals surface area (Å²) in [7, 11) is 0. The molecule has 36 heavy (non-hydrogen) atoms. The molecule has 1 aromatic carbocycles. The average molecular weight is 495 g/mol. The largest absolute Gasteiger partial charge is 0.405 e. The fourth-order valence-corrected chi connectivity index (χ4v) is 4.22. The third-order valence-corrected chi connectivity index (χ3v) is 5.84. The van der Waals surface area contributed by atoms with E-state index < -0.39 is 30.9 Å². The Morgan fingerprint density at radius 2 is 1.89 bits per heavy atom. The van der Waals surface area contributed by atoms with Gasteiger partial charge in [0.05, 0.1) is 46.0 Å². The predicted octanol–water partition coefficient (Wildman–Crippen LogP) is 3.19. The molecule has 9 nitrogen and oxygen atoms in total. The van der Waals surface area contributed by atoms with Crippen molar-refractivity contribution in [2.75, 3.05) is 6.54 Å². The van der Waals surface area contributed by atoms with Gasteiger partial charge in [-0.3, -0.25) is 23.9 Å². The molecule has 0 spiro atoms. The van der Waals surface area contributed by atoms with Gasteiger partial charge in [0, 0.05) is 18.0 Å². The SMILES string of the molecule is Cc1nc(-c2cnn3ccncc23)ccc1-n1c(=O)n(CC(=O)NCC(F)(F)F)c2cccc(C)c21. The van der Waals surface area contributed by atoms with E-state index in [1.165, 1.54) is 9.13 Å². The third-order valence-electron chi connectivity index (χ3n) is 5.84. The second kappa shape index (κ2) is 8.63. The number of hydrogen-bond acceptors (Lipinski definition) is 5. The zero-order valence-corrected chi connectivity index (χ0v) is 19.2. The molecule has 0 atom stereocenters. The third kappa shape index (κ3) is 4.10. The summed E-state index contributed by atoms with van der Waals surface area (Å²) in [6.07, 6.45) is 2.16. The van der Waals surface area contributed by atoms with Crippen LogP contribution in [0.1, 0.15) is 11.3 Å². The molecule has 0 unspecified atom stereocenters. The van der Waals surface area contributed by atoms with Gasteiger partial charge in [0.2, 0.25) is 5.91 Å². The van der Waals surface area contributed by atoms with E-state index in [0.29, 0.717) is 28.1 Å². The highest BCUT2D eigenvalue weighted by Crippen LogP contribution is 2.27. The van der Waals surface area contributed by atoms with E-state index in [2.05, 4.69) is 10.1 Å². The van der Waals surface area contributed by atoms with Crippen LogP contribution in [0.3, 0.4) is 0 Å². The van der Waals surface area contributed by atoms with Crippen molar-refractivity contribution in [1.82, 2.24) is 34.0 Å². The first-order valence-electron chi connectivity index (χ1n) is 10.9. The number of alkyl halides is 3. The fourth-order valence-electron chi connectivity index (χ4n) is 4.22. The molecule has 0 saturated heterocycles. The van der Waals surface area contributed by atoms with Gasteiger partial charge < -0.3 is 5.32 Å². The van der Waals surface area contributed by atoms with Gasteiger partial charge in [0.25, 0.3) is 0 Å². The van der Waals surface area contributed by atoms with Crippen molar-refractivity contribution in [3.05, 3.63) is 76.9 Å². The monoisotopic (exact) mass is 495 g/mol. The Morgan fingerprint density at radius 3 is 2.64 bits per heavy atom. The molecule has 1 amide bonds. The molecule has 4 heterocycles. The standard InChI is InChI=1S/C24H20F3N7O2/c1-14-4-3-5-19-22(14)34(23(36)32(19)12-21(35)29-13-24(25,26)27)18-7-6-17(31-15(18)2)16-10-30-33-9-8-28-11-20(16)33/h3-11H,12-13H2,1-2H3,(H,29,35). The lowest BCUT2D eigenvalue weighted by Crippen LogP contribution is -2.38. The van der Waals surface area contributed by atoms with Crippen LogP contribution in [-0.2, 0) is 11.3 Å². The van der Waals surface area contributed by atoms with E-state index in [0.717, 1.165) is 16.6 Å². The zero-order chi connectivity index (χ0) is 25.6. The lowest BCUT2D eigenvalue weighted by molar-refractivity contribution is -0.138. The van der Waals surface area contributed by atoms with E-state index in [1.54, 1.807) is 60.5 Å². The molecule has 184 valence electrons. The number of para-hydroxylation sites is 1. The van der Waals surface area contributed by atoms with Crippen LogP contribution in [0.5, 0.6) is 0 Å². The molecule has 5 aromatic rings. The van der Waals surface area contributed by atoms with Crippen molar-refractivity contribution in [3.8, 4) is 16.9 Å². The molecule has 12 heteroatoms. The van der Waals surface area contributed by atoms with Gasteiger partial charge in [-0.15, -0.1) is 0 Å². The minimum atomic E-state index is -4.55. The van der Waals surface area contributed by atoms with Crippen LogP contribution in [0.15, 0.2) is 59.9 Å². The van der Waals surface area contributed by atoms with Gasteiger partial charge in [0.15, 0.2) is 0 Å². The summed E-state index contributed by atoms with van der Waals surface area (Å²) in [6.45, 7) is 1.55. The summed E-state index contributed by atoms with van der Waals surface area (Å²) in [6, 6.07) is 8.70. The highest BCUT2D eigenvalue weighted by molar-refractivity contribution is 5.85. The lowest BCUT2D eigenvalue weighted by atomic mass is 10.1. The summed E-state index contributed by atoms with van der Waals surface area (Å²) in [5.41, 5.74) is 4.39. The van der Waals surface area contributed by atoms with E-state index in [1.807, 2.05) is 18.3 Å². The Labute approximate surface area is 201 Å². The molecule has 5 rings (SSSR count). The van der Waals surface area contributed by atoms with E-state index in [-0.39, 0.29) is 0 Å². The number of aryl methyl sites for hydroxylation is 2. The number of nitrogens with zero attached hydrogens (tertiary/aromatic N) is 6. The van der Waals surface area contributed by atoms with E-state index in [9.17, 15) is 22.8 Å². The van der Waals surface area contributed by atoms with Crippen LogP contribution in [0.2, 0.25) is 0 Å². The molecular weight excluding hydrogens is 475 g/mol. The summed E-state index contributed by atoms with van der Waals surface area (Å²) in [5, 5.41) is 6.12. The van der Waals surface area contributed by atoms with Gasteiger partial charge in [-0.1, -0.05) is 12.1 Å². The molecule has 0 radical (unpaired) electrons. The van der Waals surface area contributed by atoms with Crippen LogP contribution in [0, 0.1) is 13.8 Å². The highest BCUT2D eigenvalue weighted by atomic mass is 19.4. The summed E-state index contributed by atoms with van der Waals surface area (Å²) < 4.78 is 41.9. The maximum atomic E-state index is 13.5. The fraction of sp³-hybridized carbons (Fsp3) is 0.208. The molecule has 1 N–H and O–H groups in total. The van der Waals surface area contributed by atoms with Crippen molar-refractivity contribution in [3.63, 3.8) is 0 Å². The number of halogens is 3. The van der Waals surface area contributed by atoms with Gasteiger partial charge in [-0.2, -0.15) is 18.3 Å². The Bertz CT molecular complexity index is 1680. The molecular formula is C24H20F3N7O2. The quantitative estimate of drug-likeness (QED) is 0.404. The first kappa shape index (κ1) is 23.3. The van der Waals surface area contributed by atoms with Crippen molar-refractivity contribution in [2.45, 2.75) is 26.6 Å². The molecule has 0 aliphatic carbocycles. The Hall–Kier alpha value is -4.48. The number of rotatable bonds is 5. The molecule has 4 aromatic heterocycles. The van der Waals surface area contributed by atoms with E-state index in [4.69, 9.17) is 4.98 Å². The highest BCUT2D eigenvalue weighted by Gasteiger charge is 2.28. The van der Waals surface area contributed by atoms with Crippen LogP contribution in [0.25, 0.3) is 33.5 Å². The number of benzene rings is 1. The summed E-state index contributed by atoms with van der Waals surface area (Å²) >= 11 is 0. The molecule has 0 aliphatic heterocycles. The number of imidazole rings is 1. The van der Waals surface area contributed by atoms with Gasteiger partial charge in [-0.05, 0) is 37.6 Å². The number of carbonyl (C=O) groups excluding carboxylic acids is 1. The van der Waals surface area contributed by atoms with Crippen LogP contribution >= 0.6 is 0 Å². The Morgan fingerprint density at radius 1 is 1.08 bits per heavy atom. The predicted molar refractivity (Wildman–Crippen MR) is 126 cm³/mol. The number of hydrogen-bond donors (Lipinski definition) is 1. The average Bonchev–Trinajstić information content (AvgIpc) is 3.38. The van der Waals surface area contributed by atoms with Gasteiger partial charge in [0.1, 0.15) is 13.1 Å². The zero-order valence-electron chi connectivity index (χ0n) is 19.2. The molecule has 0 saturated carbocycles. The summed E-state index contributed by atoms with van der Waals surface area (Å²) in [4.78, 5) is 34.6. The second-order valence-corrected chi connectivity index (χ2v) is 8.30. The first-order valence-corrected chi connectivity index (χ1v) is 10.9.